The van der Waals surface area contributed by atoms with E-state index in [4.69, 9.17) is 4.98 Å². The molecule has 1 aromatic heterocycles. The number of amides is 1. The smallest absolute Gasteiger partial charge is 0.263 e. The maximum absolute atomic E-state index is 14.3. The first-order chi connectivity index (χ1) is 13.5. The fourth-order valence-corrected chi connectivity index (χ4v) is 4.22. The van der Waals surface area contributed by atoms with Crippen LogP contribution in [0.4, 0.5) is 9.52 Å². The first-order valence-corrected chi connectivity index (χ1v) is 10.4. The number of hydrogen-bond donors (Lipinski definition) is 0. The van der Waals surface area contributed by atoms with E-state index in [1.54, 1.807) is 17.0 Å². The van der Waals surface area contributed by atoms with Crippen molar-refractivity contribution in [3.63, 3.8) is 0 Å². The maximum atomic E-state index is 14.3. The van der Waals surface area contributed by atoms with E-state index < -0.39 is 5.82 Å². The Hall–Kier alpha value is -2.02. The Kier molecular flexibility index (Phi) is 8.14. The minimum atomic E-state index is -0.506. The number of rotatable bonds is 7. The van der Waals surface area contributed by atoms with Crippen LogP contribution in [0.1, 0.15) is 35.3 Å². The topological polar surface area (TPSA) is 36.4 Å². The predicted octanol–water partition coefficient (Wildman–Crippen LogP) is 5.46. The Morgan fingerprint density at radius 1 is 1.07 bits per heavy atom. The number of halogens is 2. The van der Waals surface area contributed by atoms with Gasteiger partial charge < -0.3 is 4.90 Å². The van der Waals surface area contributed by atoms with Crippen LogP contribution < -0.4 is 4.90 Å². The van der Waals surface area contributed by atoms with Crippen LogP contribution in [0, 0.1) is 19.7 Å². The number of hydrogen-bond acceptors (Lipinski definition) is 4. The summed E-state index contributed by atoms with van der Waals surface area (Å²) in [5.41, 5.74) is 3.27. The molecular weight excluding hydrogens is 409 g/mol. The van der Waals surface area contributed by atoms with Gasteiger partial charge in [-0.15, -0.1) is 12.4 Å². The van der Waals surface area contributed by atoms with E-state index >= 15 is 0 Å². The second kappa shape index (κ2) is 10.1. The number of carbonyl (C=O) groups is 1. The van der Waals surface area contributed by atoms with Gasteiger partial charge in [0.05, 0.1) is 15.8 Å². The van der Waals surface area contributed by atoms with Crippen molar-refractivity contribution in [1.29, 1.82) is 0 Å². The van der Waals surface area contributed by atoms with Gasteiger partial charge in [-0.05, 0) is 56.3 Å². The molecule has 0 unspecified atom stereocenters. The van der Waals surface area contributed by atoms with Gasteiger partial charge in [0.1, 0.15) is 5.82 Å². The number of fused-ring (bicyclic) bond motifs is 1. The van der Waals surface area contributed by atoms with E-state index in [9.17, 15) is 9.18 Å². The van der Waals surface area contributed by atoms with Gasteiger partial charge in [-0.2, -0.15) is 0 Å². The molecule has 0 atom stereocenters. The molecule has 0 saturated heterocycles. The van der Waals surface area contributed by atoms with Crippen molar-refractivity contribution >= 4 is 45.0 Å². The van der Waals surface area contributed by atoms with Crippen LogP contribution in [0.2, 0.25) is 0 Å². The van der Waals surface area contributed by atoms with Crippen LogP contribution in [0.15, 0.2) is 36.4 Å². The summed E-state index contributed by atoms with van der Waals surface area (Å²) in [4.78, 5) is 21.8. The lowest BCUT2D eigenvalue weighted by atomic mass is 10.1. The number of carbonyl (C=O) groups excluding carboxylic acids is 1. The monoisotopic (exact) mass is 435 g/mol. The van der Waals surface area contributed by atoms with Crippen molar-refractivity contribution in [3.05, 3.63) is 58.9 Å². The first kappa shape index (κ1) is 23.3. The van der Waals surface area contributed by atoms with Crippen LogP contribution in [-0.2, 0) is 0 Å². The van der Waals surface area contributed by atoms with E-state index in [-0.39, 0.29) is 23.9 Å². The Labute approximate surface area is 181 Å². The minimum absolute atomic E-state index is 0. The third-order valence-electron chi connectivity index (χ3n) is 5.19. The molecule has 3 rings (SSSR count). The van der Waals surface area contributed by atoms with E-state index in [0.717, 1.165) is 28.9 Å². The molecule has 3 aromatic rings. The van der Waals surface area contributed by atoms with Crippen molar-refractivity contribution < 1.29 is 9.18 Å². The van der Waals surface area contributed by atoms with Crippen molar-refractivity contribution in [1.82, 2.24) is 9.88 Å². The molecule has 0 fully saturated rings. The average Bonchev–Trinajstić information content (AvgIpc) is 3.13. The summed E-state index contributed by atoms with van der Waals surface area (Å²) < 4.78 is 15.3. The van der Waals surface area contributed by atoms with E-state index in [1.807, 2.05) is 13.0 Å². The highest BCUT2D eigenvalue weighted by Crippen LogP contribution is 2.32. The van der Waals surface area contributed by atoms with Gasteiger partial charge in [0.15, 0.2) is 5.13 Å². The molecule has 0 radical (unpaired) electrons. The number of benzene rings is 2. The molecular formula is C22H27ClFN3OS. The normalized spacial score (nSPS) is 11.0. The average molecular weight is 436 g/mol. The highest BCUT2D eigenvalue weighted by Gasteiger charge is 2.24. The van der Waals surface area contributed by atoms with Gasteiger partial charge in [-0.3, -0.25) is 9.69 Å². The molecule has 0 spiro atoms. The van der Waals surface area contributed by atoms with Crippen molar-refractivity contribution in [3.8, 4) is 0 Å². The van der Waals surface area contributed by atoms with E-state index in [0.29, 0.717) is 18.2 Å². The summed E-state index contributed by atoms with van der Waals surface area (Å²) in [7, 11) is 0. The molecule has 0 aliphatic heterocycles. The molecule has 4 nitrogen and oxygen atoms in total. The van der Waals surface area contributed by atoms with E-state index in [2.05, 4.69) is 31.7 Å². The quantitative estimate of drug-likeness (QED) is 0.494. The summed E-state index contributed by atoms with van der Waals surface area (Å²) in [5, 5.41) is 0.615. The number of nitrogens with zero attached hydrogens (tertiary/aromatic N) is 3. The van der Waals surface area contributed by atoms with Crippen molar-refractivity contribution in [2.24, 2.45) is 0 Å². The van der Waals surface area contributed by atoms with E-state index in [1.165, 1.54) is 29.0 Å². The Bertz CT molecular complexity index is 987. The molecule has 0 aliphatic rings. The summed E-state index contributed by atoms with van der Waals surface area (Å²) in [6.45, 7) is 11.3. The second-order valence-corrected chi connectivity index (χ2v) is 7.82. The zero-order chi connectivity index (χ0) is 20.3. The SMILES string of the molecule is CCN(CC)CCN(C(=O)c1ccccc1F)c1nc2c(C)c(C)ccc2s1.Cl. The lowest BCUT2D eigenvalue weighted by molar-refractivity contribution is 0.0980. The largest absolute Gasteiger partial charge is 0.302 e. The third kappa shape index (κ3) is 4.94. The Morgan fingerprint density at radius 3 is 2.41 bits per heavy atom. The van der Waals surface area contributed by atoms with Crippen LogP contribution in [0.3, 0.4) is 0 Å². The first-order valence-electron chi connectivity index (χ1n) is 9.61. The lowest BCUT2D eigenvalue weighted by Crippen LogP contribution is -2.39. The number of anilines is 1. The van der Waals surface area contributed by atoms with Crippen molar-refractivity contribution in [2.45, 2.75) is 27.7 Å². The van der Waals surface area contributed by atoms with Gasteiger partial charge in [-0.25, -0.2) is 9.37 Å². The lowest BCUT2D eigenvalue weighted by Gasteiger charge is -2.24. The Balaban J connectivity index is 0.00000300. The fourth-order valence-electron chi connectivity index (χ4n) is 3.18. The highest BCUT2D eigenvalue weighted by atomic mass is 35.5. The van der Waals surface area contributed by atoms with Gasteiger partial charge in [0.25, 0.3) is 5.91 Å². The van der Waals surface area contributed by atoms with Gasteiger partial charge in [0.2, 0.25) is 0 Å². The van der Waals surface area contributed by atoms with Crippen LogP contribution >= 0.6 is 23.7 Å². The molecule has 156 valence electrons. The van der Waals surface area contributed by atoms with Gasteiger partial charge in [-0.1, -0.05) is 43.4 Å². The Morgan fingerprint density at radius 2 is 1.76 bits per heavy atom. The van der Waals surface area contributed by atoms with Crippen LogP contribution in [0.5, 0.6) is 0 Å². The number of likely N-dealkylation sites (N-methyl/N-ethyl adjacent to an activating group) is 1. The molecule has 1 heterocycles. The standard InChI is InChI=1S/C22H26FN3OS.ClH/c1-5-25(6-2)13-14-26(21(27)17-9-7-8-10-18(17)23)22-24-20-16(4)15(3)11-12-19(20)28-22;/h7-12H,5-6,13-14H2,1-4H3;1H. The molecule has 0 bridgehead atoms. The fraction of sp³-hybridized carbons (Fsp3) is 0.364. The maximum Gasteiger partial charge on any atom is 0.263 e. The molecule has 0 N–H and O–H groups in total. The molecule has 29 heavy (non-hydrogen) atoms. The zero-order valence-electron chi connectivity index (χ0n) is 17.2. The predicted molar refractivity (Wildman–Crippen MR) is 122 cm³/mol. The summed E-state index contributed by atoms with van der Waals surface area (Å²) in [6, 6.07) is 10.2. The minimum Gasteiger partial charge on any atom is -0.302 e. The number of thiazole rings is 1. The van der Waals surface area contributed by atoms with Gasteiger partial charge >= 0.3 is 0 Å². The summed E-state index contributed by atoms with van der Waals surface area (Å²) in [5.74, 6) is -0.854. The van der Waals surface area contributed by atoms with Gasteiger partial charge in [0, 0.05) is 13.1 Å². The third-order valence-corrected chi connectivity index (χ3v) is 6.23. The van der Waals surface area contributed by atoms with Crippen molar-refractivity contribution in [2.75, 3.05) is 31.1 Å². The second-order valence-electron chi connectivity index (χ2n) is 6.81. The molecule has 7 heteroatoms. The number of aryl methyl sites for hydroxylation is 2. The number of aromatic nitrogens is 1. The van der Waals surface area contributed by atoms with Crippen LogP contribution in [-0.4, -0.2) is 42.0 Å². The highest BCUT2D eigenvalue weighted by molar-refractivity contribution is 7.22. The van der Waals surface area contributed by atoms with Crippen LogP contribution in [0.25, 0.3) is 10.2 Å². The molecule has 2 aromatic carbocycles. The summed E-state index contributed by atoms with van der Waals surface area (Å²) >= 11 is 1.48. The molecule has 1 amide bonds. The molecule has 0 aliphatic carbocycles. The molecule has 0 saturated carbocycles. The zero-order valence-corrected chi connectivity index (χ0v) is 18.9. The summed E-state index contributed by atoms with van der Waals surface area (Å²) in [6.07, 6.45) is 0.